The van der Waals surface area contributed by atoms with Gasteiger partial charge in [0.05, 0.1) is 0 Å². The predicted octanol–water partition coefficient (Wildman–Crippen LogP) is 3.95. The number of nitrogens with zero attached hydrogens (tertiary/aromatic N) is 2. The molecule has 1 aromatic carbocycles. The van der Waals surface area contributed by atoms with Gasteiger partial charge in [-0.05, 0) is 31.4 Å². The lowest BCUT2D eigenvalue weighted by Crippen LogP contribution is -2.46. The first-order valence-electron chi connectivity index (χ1n) is 9.05. The van der Waals surface area contributed by atoms with E-state index in [9.17, 15) is 13.6 Å². The van der Waals surface area contributed by atoms with Gasteiger partial charge in [-0.3, -0.25) is 4.79 Å². The molecule has 0 radical (unpaired) electrons. The molecule has 1 aliphatic rings. The quantitative estimate of drug-likeness (QED) is 0.817. The van der Waals surface area contributed by atoms with Gasteiger partial charge in [0.15, 0.2) is 5.82 Å². The molecular weight excluding hydrogens is 340 g/mol. The zero-order valence-corrected chi connectivity index (χ0v) is 14.9. The molecule has 0 atom stereocenters. The topological polar surface area (TPSA) is 68.0 Å². The van der Waals surface area contributed by atoms with E-state index in [-0.39, 0.29) is 24.3 Å². The van der Waals surface area contributed by atoms with Crippen molar-refractivity contribution in [2.24, 2.45) is 0 Å². The largest absolute Gasteiger partial charge is 0.343 e. The minimum absolute atomic E-state index is 0.00353. The fourth-order valence-corrected chi connectivity index (χ4v) is 3.57. The zero-order valence-electron chi connectivity index (χ0n) is 14.9. The molecule has 0 saturated heterocycles. The second kappa shape index (κ2) is 7.93. The van der Waals surface area contributed by atoms with Gasteiger partial charge in [0.2, 0.25) is 11.8 Å². The van der Waals surface area contributed by atoms with Crippen LogP contribution in [0, 0.1) is 18.6 Å². The van der Waals surface area contributed by atoms with Gasteiger partial charge in [-0.1, -0.05) is 36.9 Å². The van der Waals surface area contributed by atoms with Crippen LogP contribution in [0.2, 0.25) is 0 Å². The molecule has 1 heterocycles. The summed E-state index contributed by atoms with van der Waals surface area (Å²) < 4.78 is 32.6. The Hall–Kier alpha value is -2.31. The zero-order chi connectivity index (χ0) is 18.6. The maximum Gasteiger partial charge on any atom is 0.223 e. The molecule has 26 heavy (non-hydrogen) atoms. The monoisotopic (exact) mass is 363 g/mol. The molecule has 1 amide bonds. The molecule has 1 N–H and O–H groups in total. The molecule has 5 nitrogen and oxygen atoms in total. The Morgan fingerprint density at radius 2 is 1.85 bits per heavy atom. The lowest BCUT2D eigenvalue weighted by molar-refractivity contribution is -0.123. The van der Waals surface area contributed by atoms with E-state index in [1.165, 1.54) is 18.2 Å². The van der Waals surface area contributed by atoms with E-state index < -0.39 is 17.2 Å². The molecule has 1 aromatic heterocycles. The summed E-state index contributed by atoms with van der Waals surface area (Å²) in [5, 5.41) is 7.07. The second-order valence-electron chi connectivity index (χ2n) is 6.88. The van der Waals surface area contributed by atoms with Crippen LogP contribution in [0.1, 0.15) is 62.2 Å². The third-order valence-corrected chi connectivity index (χ3v) is 4.96. The van der Waals surface area contributed by atoms with E-state index in [1.54, 1.807) is 6.92 Å². The van der Waals surface area contributed by atoms with Crippen molar-refractivity contribution in [3.05, 3.63) is 47.1 Å². The first kappa shape index (κ1) is 18.5. The number of nitrogens with one attached hydrogen (secondary N) is 1. The highest BCUT2D eigenvalue weighted by molar-refractivity contribution is 5.77. The molecule has 140 valence electrons. The average molecular weight is 363 g/mol. The smallest absolute Gasteiger partial charge is 0.223 e. The van der Waals surface area contributed by atoms with Crippen LogP contribution in [0.15, 0.2) is 22.7 Å². The highest BCUT2D eigenvalue weighted by Crippen LogP contribution is 2.34. The first-order chi connectivity index (χ1) is 12.5. The molecular formula is C19H23F2N3O2. The fourth-order valence-electron chi connectivity index (χ4n) is 3.57. The summed E-state index contributed by atoms with van der Waals surface area (Å²) >= 11 is 0. The van der Waals surface area contributed by atoms with Crippen molar-refractivity contribution in [3.8, 4) is 0 Å². The summed E-state index contributed by atoms with van der Waals surface area (Å²) in [7, 11) is 0. The van der Waals surface area contributed by atoms with Crippen molar-refractivity contribution < 1.29 is 18.1 Å². The molecule has 1 saturated carbocycles. The summed E-state index contributed by atoms with van der Waals surface area (Å²) in [5.41, 5.74) is -0.730. The number of aryl methyl sites for hydroxylation is 1. The van der Waals surface area contributed by atoms with Gasteiger partial charge in [0.1, 0.15) is 17.2 Å². The van der Waals surface area contributed by atoms with Crippen LogP contribution in [0.25, 0.3) is 0 Å². The number of hydrogen-bond donors (Lipinski definition) is 1. The third kappa shape index (κ3) is 4.08. The minimum atomic E-state index is -0.668. The van der Waals surface area contributed by atoms with Crippen molar-refractivity contribution >= 4 is 5.91 Å². The Bertz CT molecular complexity index is 748. The van der Waals surface area contributed by atoms with Crippen LogP contribution in [0.4, 0.5) is 8.78 Å². The molecule has 7 heteroatoms. The Balaban J connectivity index is 1.73. The van der Waals surface area contributed by atoms with E-state index in [0.29, 0.717) is 11.7 Å². The van der Waals surface area contributed by atoms with Gasteiger partial charge in [-0.15, -0.1) is 0 Å². The molecule has 3 rings (SSSR count). The second-order valence-corrected chi connectivity index (χ2v) is 6.88. The maximum atomic E-state index is 13.8. The van der Waals surface area contributed by atoms with Crippen LogP contribution in [0.3, 0.4) is 0 Å². The Kier molecular flexibility index (Phi) is 5.64. The molecule has 2 aromatic rings. The molecule has 1 fully saturated rings. The summed E-state index contributed by atoms with van der Waals surface area (Å²) in [6, 6.07) is 3.71. The number of carbonyl (C=O) groups is 1. The number of carbonyl (C=O) groups excluding carboxylic acids is 1. The fraction of sp³-hybridized carbons (Fsp3) is 0.526. The molecule has 0 aliphatic heterocycles. The van der Waals surface area contributed by atoms with Crippen molar-refractivity contribution in [1.82, 2.24) is 15.5 Å². The summed E-state index contributed by atoms with van der Waals surface area (Å²) in [6.45, 7) is 1.71. The van der Waals surface area contributed by atoms with Gasteiger partial charge < -0.3 is 9.84 Å². The number of hydrogen-bond acceptors (Lipinski definition) is 4. The van der Waals surface area contributed by atoms with Gasteiger partial charge in [-0.2, -0.15) is 4.98 Å². The van der Waals surface area contributed by atoms with Crippen LogP contribution < -0.4 is 5.32 Å². The lowest BCUT2D eigenvalue weighted by Gasteiger charge is -2.30. The Labute approximate surface area is 151 Å². The average Bonchev–Trinajstić information content (AvgIpc) is 2.90. The van der Waals surface area contributed by atoms with Gasteiger partial charge in [-0.25, -0.2) is 8.78 Å². The first-order valence-corrected chi connectivity index (χ1v) is 9.05. The summed E-state index contributed by atoms with van der Waals surface area (Å²) in [4.78, 5) is 16.9. The molecule has 0 unspecified atom stereocenters. The van der Waals surface area contributed by atoms with E-state index in [0.717, 1.165) is 38.5 Å². The van der Waals surface area contributed by atoms with Crippen molar-refractivity contribution in [2.75, 3.05) is 0 Å². The number of halogens is 2. The van der Waals surface area contributed by atoms with Crippen molar-refractivity contribution in [3.63, 3.8) is 0 Å². The van der Waals surface area contributed by atoms with Crippen LogP contribution in [0.5, 0.6) is 0 Å². The van der Waals surface area contributed by atoms with Crippen molar-refractivity contribution in [1.29, 1.82) is 0 Å². The highest BCUT2D eigenvalue weighted by Gasteiger charge is 2.38. The summed E-state index contributed by atoms with van der Waals surface area (Å²) in [6.07, 6.45) is 5.55. The molecule has 0 spiro atoms. The Morgan fingerprint density at radius 3 is 2.42 bits per heavy atom. The van der Waals surface area contributed by atoms with E-state index in [1.807, 2.05) is 0 Å². The van der Waals surface area contributed by atoms with Crippen LogP contribution in [-0.4, -0.2) is 16.0 Å². The normalized spacial score (nSPS) is 16.9. The maximum absolute atomic E-state index is 13.8. The van der Waals surface area contributed by atoms with Gasteiger partial charge in [0.25, 0.3) is 0 Å². The van der Waals surface area contributed by atoms with E-state index in [4.69, 9.17) is 4.52 Å². The lowest BCUT2D eigenvalue weighted by atomic mass is 9.88. The van der Waals surface area contributed by atoms with Crippen LogP contribution in [-0.2, 0) is 16.8 Å². The number of aromatic nitrogens is 2. The van der Waals surface area contributed by atoms with E-state index in [2.05, 4.69) is 15.5 Å². The predicted molar refractivity (Wildman–Crippen MR) is 91.2 cm³/mol. The summed E-state index contributed by atoms with van der Waals surface area (Å²) in [5.74, 6) is -0.586. The molecule has 0 bridgehead atoms. The number of rotatable bonds is 5. The molecule has 1 aliphatic carbocycles. The SMILES string of the molecule is Cc1nc(C2(NC(=O)CCc3c(F)cccc3F)CCCCCC2)no1. The number of amides is 1. The highest BCUT2D eigenvalue weighted by atomic mass is 19.1. The number of benzene rings is 1. The van der Waals surface area contributed by atoms with Crippen molar-refractivity contribution in [2.45, 2.75) is 63.8 Å². The Morgan fingerprint density at radius 1 is 1.19 bits per heavy atom. The third-order valence-electron chi connectivity index (χ3n) is 4.96. The van der Waals surface area contributed by atoms with Crippen LogP contribution >= 0.6 is 0 Å². The standard InChI is InChI=1S/C19H23F2N3O2/c1-13-22-18(24-26-13)19(11-4-2-3-5-12-19)23-17(25)10-9-14-15(20)7-6-8-16(14)21/h6-8H,2-5,9-12H2,1H3,(H,23,25). The minimum Gasteiger partial charge on any atom is -0.343 e. The van der Waals surface area contributed by atoms with Gasteiger partial charge >= 0.3 is 0 Å². The van der Waals surface area contributed by atoms with E-state index >= 15 is 0 Å². The van der Waals surface area contributed by atoms with Gasteiger partial charge in [0, 0.05) is 18.9 Å².